The molecule has 224 valence electrons. The van der Waals surface area contributed by atoms with Crippen LogP contribution in [0.5, 0.6) is 11.5 Å². The Kier molecular flexibility index (Phi) is 12.1. The van der Waals surface area contributed by atoms with Crippen molar-refractivity contribution in [1.82, 2.24) is 25.9 Å². The van der Waals surface area contributed by atoms with E-state index in [-0.39, 0.29) is 41.6 Å². The van der Waals surface area contributed by atoms with Gasteiger partial charge in [-0.25, -0.2) is 4.79 Å². The lowest BCUT2D eigenvalue weighted by atomic mass is 9.98. The summed E-state index contributed by atoms with van der Waals surface area (Å²) in [5.74, 6) is -2.41. The van der Waals surface area contributed by atoms with Crippen LogP contribution in [0.25, 0.3) is 0 Å². The topological polar surface area (TPSA) is 174 Å². The maximum atomic E-state index is 13.8. The number of carbonyl (C=O) groups excluding carboxylic acids is 2. The van der Waals surface area contributed by atoms with Gasteiger partial charge in [-0.1, -0.05) is 44.2 Å². The molecule has 0 unspecified atom stereocenters. The molecule has 3 atom stereocenters. The van der Waals surface area contributed by atoms with Gasteiger partial charge < -0.3 is 26.0 Å². The third-order valence-corrected chi connectivity index (χ3v) is 7.26. The zero-order chi connectivity index (χ0) is 30.6. The number of nitrogens with zero attached hydrogens (tertiary/aromatic N) is 2. The second-order valence-corrected chi connectivity index (χ2v) is 11.1. The largest absolute Gasteiger partial charge is 0.506 e. The number of hydrogen-bond donors (Lipinski definition) is 6. The molecule has 6 N–H and O–H groups in total. The van der Waals surface area contributed by atoms with E-state index < -0.39 is 42.0 Å². The minimum Gasteiger partial charge on any atom is -0.506 e. The molecule has 0 radical (unpaired) electrons. The molecular formula is C30H37N5O6S. The summed E-state index contributed by atoms with van der Waals surface area (Å²) in [5, 5.41) is 39.4. The average molecular weight is 596 g/mol. The van der Waals surface area contributed by atoms with Gasteiger partial charge in [0.15, 0.2) is 0 Å². The molecule has 0 spiro atoms. The van der Waals surface area contributed by atoms with Gasteiger partial charge in [0.2, 0.25) is 11.8 Å². The first-order valence-corrected chi connectivity index (χ1v) is 14.9. The van der Waals surface area contributed by atoms with Gasteiger partial charge in [-0.3, -0.25) is 24.9 Å². The molecule has 0 bridgehead atoms. The van der Waals surface area contributed by atoms with Crippen molar-refractivity contribution in [3.8, 4) is 11.5 Å². The van der Waals surface area contributed by atoms with E-state index in [2.05, 4.69) is 25.9 Å². The molecule has 0 saturated carbocycles. The Morgan fingerprint density at radius 3 is 1.90 bits per heavy atom. The number of carbonyl (C=O) groups is 3. The number of carboxylic acids is 1. The van der Waals surface area contributed by atoms with Crippen molar-refractivity contribution < 1.29 is 29.7 Å². The van der Waals surface area contributed by atoms with E-state index in [0.717, 1.165) is 5.56 Å². The first-order chi connectivity index (χ1) is 20.1. The van der Waals surface area contributed by atoms with E-state index >= 15 is 0 Å². The van der Waals surface area contributed by atoms with Crippen LogP contribution in [0.3, 0.4) is 0 Å². The van der Waals surface area contributed by atoms with E-state index in [9.17, 15) is 29.7 Å². The van der Waals surface area contributed by atoms with Crippen molar-refractivity contribution in [1.29, 1.82) is 0 Å². The predicted molar refractivity (Wildman–Crippen MR) is 160 cm³/mol. The van der Waals surface area contributed by atoms with Crippen LogP contribution in [0.15, 0.2) is 67.0 Å². The lowest BCUT2D eigenvalue weighted by Crippen LogP contribution is -2.57. The maximum absolute atomic E-state index is 13.8. The van der Waals surface area contributed by atoms with Crippen molar-refractivity contribution in [3.05, 3.63) is 83.9 Å². The summed E-state index contributed by atoms with van der Waals surface area (Å²) in [4.78, 5) is 47.6. The number of aromatic nitrogens is 2. The molecular weight excluding hydrogens is 558 g/mol. The predicted octanol–water partition coefficient (Wildman–Crippen LogP) is 2.64. The van der Waals surface area contributed by atoms with Gasteiger partial charge in [0, 0.05) is 18.8 Å². The lowest BCUT2D eigenvalue weighted by Gasteiger charge is -2.29. The summed E-state index contributed by atoms with van der Waals surface area (Å²) >= 11 is 1.47. The van der Waals surface area contributed by atoms with Crippen molar-refractivity contribution in [2.24, 2.45) is 5.92 Å². The molecule has 3 rings (SSSR count). The zero-order valence-electron chi connectivity index (χ0n) is 23.7. The molecule has 12 heteroatoms. The number of nitrogens with one attached hydrogen (secondary N) is 3. The Bertz CT molecular complexity index is 1300. The Morgan fingerprint density at radius 2 is 1.40 bits per heavy atom. The highest BCUT2D eigenvalue weighted by Gasteiger charge is 2.34. The molecule has 2 heterocycles. The van der Waals surface area contributed by atoms with Gasteiger partial charge >= 0.3 is 5.97 Å². The van der Waals surface area contributed by atoms with Gasteiger partial charge in [-0.15, -0.1) is 0 Å². The molecule has 1 aromatic carbocycles. The minimum absolute atomic E-state index is 0.129. The fourth-order valence-electron chi connectivity index (χ4n) is 4.39. The number of amides is 2. The van der Waals surface area contributed by atoms with Crippen LogP contribution >= 0.6 is 11.8 Å². The first-order valence-electron chi connectivity index (χ1n) is 13.5. The van der Waals surface area contributed by atoms with E-state index in [1.165, 1.54) is 36.3 Å². The number of hydrogen-bond acceptors (Lipinski definition) is 9. The van der Waals surface area contributed by atoms with E-state index in [1.54, 1.807) is 26.0 Å². The van der Waals surface area contributed by atoms with E-state index in [1.807, 2.05) is 36.6 Å². The van der Waals surface area contributed by atoms with Crippen molar-refractivity contribution in [2.45, 2.75) is 50.9 Å². The number of thioether (sulfide) groups is 1. The summed E-state index contributed by atoms with van der Waals surface area (Å²) in [6.45, 7) is 3.61. The second kappa shape index (κ2) is 15.7. The third-order valence-electron chi connectivity index (χ3n) is 6.62. The van der Waals surface area contributed by atoms with Crippen LogP contribution < -0.4 is 16.0 Å². The summed E-state index contributed by atoms with van der Waals surface area (Å²) in [5.41, 5.74) is 1.08. The Balaban J connectivity index is 1.92. The highest BCUT2D eigenvalue weighted by Crippen LogP contribution is 2.31. The van der Waals surface area contributed by atoms with Crippen LogP contribution in [-0.2, 0) is 20.8 Å². The molecule has 0 fully saturated rings. The first kappa shape index (κ1) is 32.4. The van der Waals surface area contributed by atoms with Gasteiger partial charge in [-0.05, 0) is 54.2 Å². The summed E-state index contributed by atoms with van der Waals surface area (Å²) < 4.78 is 0. The molecule has 0 saturated heterocycles. The van der Waals surface area contributed by atoms with Gasteiger partial charge in [0.05, 0.1) is 6.04 Å². The number of carboxylic acid groups (broad SMARTS) is 1. The molecule has 0 aliphatic heterocycles. The number of benzene rings is 1. The van der Waals surface area contributed by atoms with Crippen molar-refractivity contribution in [3.63, 3.8) is 0 Å². The standard InChI is InChI=1S/C30H37N5O6S/c1-18(2)24(35-27(25-22(36)11-7-14-31-25)26-23(37)12-8-15-32-26)29(39)34-21(17-19-9-5-4-6-10-19)28(38)33-20(30(40)41)13-16-42-3/h4-12,14-15,18,20-21,24,27,35-37H,13,16-17H2,1-3H3,(H,33,38)(H,34,39)(H,40,41)/t20-,21-,24-/m0/s1. The Morgan fingerprint density at radius 1 is 0.833 bits per heavy atom. The fourth-order valence-corrected chi connectivity index (χ4v) is 4.86. The highest BCUT2D eigenvalue weighted by molar-refractivity contribution is 7.98. The molecule has 2 aromatic heterocycles. The second-order valence-electron chi connectivity index (χ2n) is 10.1. The summed E-state index contributed by atoms with van der Waals surface area (Å²) in [7, 11) is 0. The molecule has 11 nitrogen and oxygen atoms in total. The minimum atomic E-state index is -1.16. The van der Waals surface area contributed by atoms with Crippen molar-refractivity contribution in [2.75, 3.05) is 12.0 Å². The van der Waals surface area contributed by atoms with E-state index in [0.29, 0.717) is 5.75 Å². The zero-order valence-corrected chi connectivity index (χ0v) is 24.5. The number of aromatic hydroxyl groups is 2. The van der Waals surface area contributed by atoms with E-state index in [4.69, 9.17) is 0 Å². The van der Waals surface area contributed by atoms with Crippen LogP contribution in [-0.4, -0.2) is 73.2 Å². The Labute approximate surface area is 249 Å². The molecule has 2 amide bonds. The summed E-state index contributed by atoms with van der Waals surface area (Å²) in [6.07, 6.45) is 5.16. The van der Waals surface area contributed by atoms with Gasteiger partial charge in [-0.2, -0.15) is 11.8 Å². The molecule has 3 aromatic rings. The van der Waals surface area contributed by atoms with Crippen LogP contribution in [0.2, 0.25) is 0 Å². The number of aliphatic carboxylic acids is 1. The van der Waals surface area contributed by atoms with Crippen LogP contribution in [0, 0.1) is 5.92 Å². The molecule has 0 aliphatic carbocycles. The SMILES string of the molecule is CSCC[C@H](NC(=O)[C@H](Cc1ccccc1)NC(=O)[C@@H](NC(c1ncccc1O)c1ncccc1O)C(C)C)C(=O)O. The smallest absolute Gasteiger partial charge is 0.326 e. The molecule has 0 aliphatic rings. The maximum Gasteiger partial charge on any atom is 0.326 e. The normalized spacial score (nSPS) is 13.4. The van der Waals surface area contributed by atoms with Crippen LogP contribution in [0.4, 0.5) is 0 Å². The summed E-state index contributed by atoms with van der Waals surface area (Å²) in [6, 6.07) is 11.0. The number of pyridine rings is 2. The monoisotopic (exact) mass is 595 g/mol. The molecule has 42 heavy (non-hydrogen) atoms. The fraction of sp³-hybridized carbons (Fsp3) is 0.367. The number of rotatable bonds is 15. The van der Waals surface area contributed by atoms with Crippen molar-refractivity contribution >= 4 is 29.5 Å². The van der Waals surface area contributed by atoms with Gasteiger partial charge in [0.25, 0.3) is 0 Å². The quantitative estimate of drug-likeness (QED) is 0.153. The van der Waals surface area contributed by atoms with Crippen LogP contribution in [0.1, 0.15) is 43.3 Å². The third kappa shape index (κ3) is 8.92. The lowest BCUT2D eigenvalue weighted by molar-refractivity contribution is -0.142. The Hall–Kier alpha value is -4.16. The average Bonchev–Trinajstić information content (AvgIpc) is 2.96. The highest BCUT2D eigenvalue weighted by atomic mass is 32.2. The van der Waals surface area contributed by atoms with Gasteiger partial charge in [0.1, 0.15) is 41.0 Å².